The summed E-state index contributed by atoms with van der Waals surface area (Å²) < 4.78 is 11.4. The van der Waals surface area contributed by atoms with Crippen LogP contribution in [-0.4, -0.2) is 28.5 Å². The molecule has 0 aromatic heterocycles. The van der Waals surface area contributed by atoms with Crippen LogP contribution in [0.25, 0.3) is 0 Å². The molecular formula is C18H28N2O2S. The van der Waals surface area contributed by atoms with Gasteiger partial charge in [-0.05, 0) is 50.8 Å². The number of hydrogen-bond acceptors (Lipinski definition) is 3. The first-order chi connectivity index (χ1) is 11.0. The molecule has 0 unspecified atom stereocenters. The van der Waals surface area contributed by atoms with Gasteiger partial charge in [0.1, 0.15) is 0 Å². The van der Waals surface area contributed by atoms with Gasteiger partial charge in [-0.25, -0.2) is 0 Å². The average Bonchev–Trinajstić information content (AvgIpc) is 2.53. The van der Waals surface area contributed by atoms with Crippen LogP contribution in [0.5, 0.6) is 0 Å². The maximum Gasteiger partial charge on any atom is 0.223 e. The molecule has 1 aromatic rings. The molecule has 0 heterocycles. The van der Waals surface area contributed by atoms with Gasteiger partial charge in [0.15, 0.2) is 0 Å². The molecule has 0 aliphatic heterocycles. The topological polar surface area (TPSA) is 58.2 Å². The fourth-order valence-corrected chi connectivity index (χ4v) is 3.60. The monoisotopic (exact) mass is 336 g/mol. The van der Waals surface area contributed by atoms with Gasteiger partial charge in [0.25, 0.3) is 0 Å². The molecule has 0 radical (unpaired) electrons. The van der Waals surface area contributed by atoms with E-state index >= 15 is 0 Å². The van der Waals surface area contributed by atoms with Crippen molar-refractivity contribution in [1.82, 2.24) is 10.6 Å². The molecule has 128 valence electrons. The Bertz CT molecular complexity index is 542. The lowest BCUT2D eigenvalue weighted by Gasteiger charge is -2.29. The van der Waals surface area contributed by atoms with Crippen molar-refractivity contribution in [2.24, 2.45) is 5.92 Å². The number of carbonyl (C=O) groups excluding carboxylic acids is 1. The minimum atomic E-state index is -0.925. The standard InChI is InChI=1S/C18H28N2O2S/c1-13(2)20-18(21)15-5-4-6-16(11-15)19-12-14-7-9-17(10-8-14)23(3)22/h7-10,13,15-16,19H,4-6,11-12H2,1-3H3,(H,20,21)/t15-,16+,23+/m1/s1. The molecule has 1 saturated carbocycles. The van der Waals surface area contributed by atoms with Crippen LogP contribution >= 0.6 is 0 Å². The van der Waals surface area contributed by atoms with Crippen molar-refractivity contribution in [2.45, 2.75) is 63.1 Å². The molecule has 1 aliphatic carbocycles. The van der Waals surface area contributed by atoms with Gasteiger partial charge >= 0.3 is 0 Å². The van der Waals surface area contributed by atoms with Crippen LogP contribution in [0.2, 0.25) is 0 Å². The van der Waals surface area contributed by atoms with Crippen LogP contribution in [0.4, 0.5) is 0 Å². The molecule has 1 amide bonds. The molecule has 23 heavy (non-hydrogen) atoms. The third-order valence-corrected chi connectivity index (χ3v) is 5.26. The van der Waals surface area contributed by atoms with Crippen molar-refractivity contribution >= 4 is 16.7 Å². The summed E-state index contributed by atoms with van der Waals surface area (Å²) in [5, 5.41) is 6.60. The van der Waals surface area contributed by atoms with E-state index in [2.05, 4.69) is 10.6 Å². The summed E-state index contributed by atoms with van der Waals surface area (Å²) >= 11 is 0. The predicted molar refractivity (Wildman–Crippen MR) is 94.6 cm³/mol. The third kappa shape index (κ3) is 5.74. The Morgan fingerprint density at radius 3 is 2.57 bits per heavy atom. The van der Waals surface area contributed by atoms with Crippen LogP contribution in [0.3, 0.4) is 0 Å². The maximum absolute atomic E-state index is 12.2. The molecule has 4 nitrogen and oxygen atoms in total. The number of carbonyl (C=O) groups is 1. The van der Waals surface area contributed by atoms with E-state index in [1.165, 1.54) is 5.56 Å². The third-order valence-electron chi connectivity index (χ3n) is 4.33. The van der Waals surface area contributed by atoms with Crippen molar-refractivity contribution in [3.05, 3.63) is 29.8 Å². The van der Waals surface area contributed by atoms with Crippen LogP contribution in [-0.2, 0) is 22.1 Å². The lowest BCUT2D eigenvalue weighted by Crippen LogP contribution is -2.41. The summed E-state index contributed by atoms with van der Waals surface area (Å²) in [4.78, 5) is 13.0. The zero-order chi connectivity index (χ0) is 16.8. The molecule has 2 N–H and O–H groups in total. The van der Waals surface area contributed by atoms with Gasteiger partial charge in [-0.2, -0.15) is 0 Å². The Balaban J connectivity index is 1.83. The van der Waals surface area contributed by atoms with Gasteiger partial charge in [-0.1, -0.05) is 18.6 Å². The summed E-state index contributed by atoms with van der Waals surface area (Å²) in [6.07, 6.45) is 5.82. The fraction of sp³-hybridized carbons (Fsp3) is 0.611. The Labute approximate surface area is 141 Å². The van der Waals surface area contributed by atoms with Crippen molar-refractivity contribution in [2.75, 3.05) is 6.26 Å². The van der Waals surface area contributed by atoms with E-state index in [0.29, 0.717) is 6.04 Å². The molecule has 5 heteroatoms. The lowest BCUT2D eigenvalue weighted by molar-refractivity contribution is -0.126. The van der Waals surface area contributed by atoms with Gasteiger partial charge in [0.05, 0.1) is 0 Å². The predicted octanol–water partition coefficient (Wildman–Crippen LogP) is 2.60. The highest BCUT2D eigenvalue weighted by atomic mass is 32.2. The van der Waals surface area contributed by atoms with Gasteiger partial charge < -0.3 is 10.6 Å². The fourth-order valence-electron chi connectivity index (χ4n) is 3.08. The quantitative estimate of drug-likeness (QED) is 0.839. The molecule has 2 rings (SSSR count). The number of benzene rings is 1. The Hall–Kier alpha value is -1.20. The van der Waals surface area contributed by atoms with E-state index in [1.54, 1.807) is 6.26 Å². The van der Waals surface area contributed by atoms with E-state index in [-0.39, 0.29) is 17.9 Å². The minimum Gasteiger partial charge on any atom is -0.354 e. The van der Waals surface area contributed by atoms with E-state index in [0.717, 1.165) is 37.1 Å². The summed E-state index contributed by atoms with van der Waals surface area (Å²) in [6, 6.07) is 8.50. The van der Waals surface area contributed by atoms with E-state index < -0.39 is 10.8 Å². The highest BCUT2D eigenvalue weighted by molar-refractivity contribution is 7.84. The van der Waals surface area contributed by atoms with Crippen molar-refractivity contribution in [3.63, 3.8) is 0 Å². The number of amides is 1. The smallest absolute Gasteiger partial charge is 0.223 e. The highest BCUT2D eigenvalue weighted by Gasteiger charge is 2.27. The van der Waals surface area contributed by atoms with Gasteiger partial charge in [0.2, 0.25) is 5.91 Å². The van der Waals surface area contributed by atoms with Gasteiger partial charge in [0, 0.05) is 46.5 Å². The number of nitrogens with one attached hydrogen (secondary N) is 2. The minimum absolute atomic E-state index is 0.133. The molecule has 0 bridgehead atoms. The van der Waals surface area contributed by atoms with Crippen molar-refractivity contribution < 1.29 is 9.00 Å². The molecule has 3 atom stereocenters. The molecule has 0 saturated heterocycles. The van der Waals surface area contributed by atoms with Gasteiger partial charge in [-0.3, -0.25) is 9.00 Å². The SMILES string of the molecule is CC(C)NC(=O)[C@@H]1CCC[C@H](NCc2ccc([S@](C)=O)cc2)C1. The number of rotatable bonds is 6. The largest absolute Gasteiger partial charge is 0.354 e. The molecule has 1 aliphatic rings. The maximum atomic E-state index is 12.2. The zero-order valence-corrected chi connectivity index (χ0v) is 15.1. The average molecular weight is 337 g/mol. The molecular weight excluding hydrogens is 308 g/mol. The first-order valence-corrected chi connectivity index (χ1v) is 9.97. The van der Waals surface area contributed by atoms with Gasteiger partial charge in [-0.15, -0.1) is 0 Å². The second-order valence-corrected chi connectivity index (χ2v) is 8.08. The second kappa shape index (κ2) is 8.60. The first-order valence-electron chi connectivity index (χ1n) is 8.42. The number of hydrogen-bond donors (Lipinski definition) is 2. The van der Waals surface area contributed by atoms with E-state index in [9.17, 15) is 9.00 Å². The van der Waals surface area contributed by atoms with Crippen molar-refractivity contribution in [3.8, 4) is 0 Å². The first kappa shape index (κ1) is 18.1. The highest BCUT2D eigenvalue weighted by Crippen LogP contribution is 2.25. The Morgan fingerprint density at radius 1 is 1.26 bits per heavy atom. The zero-order valence-electron chi connectivity index (χ0n) is 14.3. The molecule has 0 spiro atoms. The normalized spacial score (nSPS) is 22.8. The van der Waals surface area contributed by atoms with E-state index in [1.807, 2.05) is 38.1 Å². The summed E-state index contributed by atoms with van der Waals surface area (Å²) in [5.74, 6) is 0.329. The van der Waals surface area contributed by atoms with Crippen molar-refractivity contribution in [1.29, 1.82) is 0 Å². The lowest BCUT2D eigenvalue weighted by atomic mass is 9.85. The van der Waals surface area contributed by atoms with Crippen LogP contribution in [0, 0.1) is 5.92 Å². The second-order valence-electron chi connectivity index (χ2n) is 6.70. The summed E-state index contributed by atoms with van der Waals surface area (Å²) in [5.41, 5.74) is 1.19. The van der Waals surface area contributed by atoms with Crippen LogP contribution in [0.1, 0.15) is 45.1 Å². The van der Waals surface area contributed by atoms with Crippen LogP contribution < -0.4 is 10.6 Å². The summed E-state index contributed by atoms with van der Waals surface area (Å²) in [7, 11) is -0.925. The molecule has 1 aromatic carbocycles. The van der Waals surface area contributed by atoms with E-state index in [4.69, 9.17) is 0 Å². The Kier molecular flexibility index (Phi) is 6.78. The summed E-state index contributed by atoms with van der Waals surface area (Å²) in [6.45, 7) is 4.80. The Morgan fingerprint density at radius 2 is 1.96 bits per heavy atom. The van der Waals surface area contributed by atoms with Crippen LogP contribution in [0.15, 0.2) is 29.2 Å². The molecule has 1 fully saturated rings.